The van der Waals surface area contributed by atoms with Gasteiger partial charge < -0.3 is 22.8 Å². The predicted molar refractivity (Wildman–Crippen MR) is 111 cm³/mol. The molecule has 0 N–H and O–H groups in total. The minimum atomic E-state index is -2.81. The standard InChI is InChI=1S/C8H16O5Si.C7H11Cl3O2Si/c1-7(2)8(9)13-6-14(10-3,11-4)12-5;1-6(2)7(11)12-4-3-5-13(8,9)10/h1,6H2,2-5H3;1,3-5H2,2H3. The molecule has 7 nitrogen and oxygen atoms in total. The van der Waals surface area contributed by atoms with E-state index in [-0.39, 0.29) is 12.8 Å². The largest absolute Gasteiger partial charge is 0.539 e. The van der Waals surface area contributed by atoms with Crippen LogP contribution in [0.1, 0.15) is 20.3 Å². The van der Waals surface area contributed by atoms with Gasteiger partial charge in [-0.25, -0.2) is 9.59 Å². The van der Waals surface area contributed by atoms with E-state index in [0.717, 1.165) is 0 Å². The highest BCUT2D eigenvalue weighted by atomic mass is 35.8. The van der Waals surface area contributed by atoms with Crippen molar-refractivity contribution in [3.05, 3.63) is 24.3 Å². The van der Waals surface area contributed by atoms with Gasteiger partial charge in [-0.15, -0.1) is 33.2 Å². The lowest BCUT2D eigenvalue weighted by atomic mass is 10.4. The Morgan fingerprint density at radius 3 is 1.59 bits per heavy atom. The van der Waals surface area contributed by atoms with E-state index in [9.17, 15) is 9.59 Å². The summed E-state index contributed by atoms with van der Waals surface area (Å²) in [7, 11) is 1.55. The number of carbonyl (C=O) groups is 2. The van der Waals surface area contributed by atoms with Crippen molar-refractivity contribution < 1.29 is 32.3 Å². The molecule has 27 heavy (non-hydrogen) atoms. The summed E-state index contributed by atoms with van der Waals surface area (Å²) in [5.41, 5.74) is 0.710. The first-order valence-corrected chi connectivity index (χ1v) is 14.9. The van der Waals surface area contributed by atoms with Crippen molar-refractivity contribution in [3.63, 3.8) is 0 Å². The smallest absolute Gasteiger partial charge is 0.462 e. The van der Waals surface area contributed by atoms with Crippen LogP contribution in [0.15, 0.2) is 24.3 Å². The number of rotatable bonds is 11. The van der Waals surface area contributed by atoms with Gasteiger partial charge in [0.25, 0.3) is 0 Å². The summed E-state index contributed by atoms with van der Waals surface area (Å²) in [6.07, 6.45) is 0.573. The first kappa shape index (κ1) is 28.8. The molecule has 0 heterocycles. The lowest BCUT2D eigenvalue weighted by Crippen LogP contribution is -2.48. The Bertz CT molecular complexity index is 498. The Hall–Kier alpha value is -0.396. The molecule has 0 spiro atoms. The molecule has 158 valence electrons. The van der Waals surface area contributed by atoms with Crippen LogP contribution >= 0.6 is 33.2 Å². The third-order valence-electron chi connectivity index (χ3n) is 2.85. The summed E-state index contributed by atoms with van der Waals surface area (Å²) < 4.78 is 24.9. The second-order valence-electron chi connectivity index (χ2n) is 5.29. The van der Waals surface area contributed by atoms with Crippen LogP contribution in [0.5, 0.6) is 0 Å². The van der Waals surface area contributed by atoms with E-state index in [0.29, 0.717) is 23.6 Å². The summed E-state index contributed by atoms with van der Waals surface area (Å²) in [6.45, 7) is 10.3. The van der Waals surface area contributed by atoms with Gasteiger partial charge in [-0.3, -0.25) is 0 Å². The number of hydrogen-bond acceptors (Lipinski definition) is 7. The zero-order chi connectivity index (χ0) is 21.7. The topological polar surface area (TPSA) is 80.3 Å². The van der Waals surface area contributed by atoms with E-state index in [1.165, 1.54) is 21.3 Å². The second-order valence-corrected chi connectivity index (χ2v) is 17.4. The Labute approximate surface area is 177 Å². The highest BCUT2D eigenvalue weighted by molar-refractivity contribution is 7.64. The van der Waals surface area contributed by atoms with Crippen molar-refractivity contribution >= 4 is 60.0 Å². The lowest BCUT2D eigenvalue weighted by molar-refractivity contribution is -0.139. The van der Waals surface area contributed by atoms with E-state index in [1.807, 2.05) is 0 Å². The minimum Gasteiger partial charge on any atom is -0.462 e. The average molecular weight is 482 g/mol. The van der Waals surface area contributed by atoms with Crippen molar-refractivity contribution in [1.82, 2.24) is 0 Å². The predicted octanol–water partition coefficient (Wildman–Crippen LogP) is 3.67. The van der Waals surface area contributed by atoms with Crippen molar-refractivity contribution in [2.24, 2.45) is 0 Å². The molecule has 0 amide bonds. The summed E-state index contributed by atoms with van der Waals surface area (Å²) in [4.78, 5) is 21.9. The van der Waals surface area contributed by atoms with Crippen LogP contribution in [0.25, 0.3) is 0 Å². The number of carbonyl (C=O) groups excluding carboxylic acids is 2. The molecule has 0 atom stereocenters. The zero-order valence-electron chi connectivity index (χ0n) is 16.2. The Balaban J connectivity index is 0. The number of esters is 2. The summed E-state index contributed by atoms with van der Waals surface area (Å²) in [6, 6.07) is -2.05. The quantitative estimate of drug-likeness (QED) is 0.146. The van der Waals surface area contributed by atoms with E-state index >= 15 is 0 Å². The van der Waals surface area contributed by atoms with Gasteiger partial charge in [-0.05, 0) is 26.3 Å². The van der Waals surface area contributed by atoms with Crippen LogP contribution in [0.2, 0.25) is 6.04 Å². The number of halogens is 3. The molecule has 0 radical (unpaired) electrons. The van der Waals surface area contributed by atoms with Gasteiger partial charge in [0, 0.05) is 32.5 Å². The molecule has 0 saturated carbocycles. The van der Waals surface area contributed by atoms with Crippen molar-refractivity contribution in [2.45, 2.75) is 26.3 Å². The molecule has 0 fully saturated rings. The number of hydrogen-bond donors (Lipinski definition) is 0. The second kappa shape index (κ2) is 14.6. The molecule has 0 bridgehead atoms. The van der Waals surface area contributed by atoms with Crippen LogP contribution in [-0.2, 0) is 32.3 Å². The molecule has 0 aliphatic rings. The first-order chi connectivity index (χ1) is 12.3. The molecule has 0 aromatic rings. The summed E-state index contributed by atoms with van der Waals surface area (Å²) >= 11 is 16.9. The van der Waals surface area contributed by atoms with Gasteiger partial charge in [0.05, 0.1) is 6.61 Å². The van der Waals surface area contributed by atoms with Gasteiger partial charge in [0.1, 0.15) is 0 Å². The summed E-state index contributed by atoms with van der Waals surface area (Å²) in [5, 5.41) is 0. The molecule has 0 saturated heterocycles. The number of ether oxygens (including phenoxy) is 2. The van der Waals surface area contributed by atoms with E-state index in [4.69, 9.17) is 56.0 Å². The van der Waals surface area contributed by atoms with Gasteiger partial charge in [-0.2, -0.15) is 0 Å². The van der Waals surface area contributed by atoms with Crippen LogP contribution in [-0.4, -0.2) is 60.9 Å². The Morgan fingerprint density at radius 1 is 0.852 bits per heavy atom. The monoisotopic (exact) mass is 480 g/mol. The molecule has 0 aliphatic carbocycles. The zero-order valence-corrected chi connectivity index (χ0v) is 20.5. The van der Waals surface area contributed by atoms with Gasteiger partial charge in [0.15, 0.2) is 6.23 Å². The molecule has 12 heteroatoms. The van der Waals surface area contributed by atoms with Gasteiger partial charge in [-0.1, -0.05) is 13.2 Å². The van der Waals surface area contributed by atoms with Crippen LogP contribution in [0.4, 0.5) is 0 Å². The molecule has 0 unspecified atom stereocenters. The molecule has 0 aromatic carbocycles. The lowest BCUT2D eigenvalue weighted by Gasteiger charge is -2.23. The maximum Gasteiger partial charge on any atom is 0.539 e. The minimum absolute atomic E-state index is 0.0117. The SMILES string of the molecule is C=C(C)C(=O)OCCC[Si](Cl)(Cl)Cl.C=C(C)C(=O)OC[Si](OC)(OC)OC. The first-order valence-electron chi connectivity index (χ1n) is 7.71. The van der Waals surface area contributed by atoms with Crippen molar-refractivity contribution in [3.8, 4) is 0 Å². The highest BCUT2D eigenvalue weighted by Crippen LogP contribution is 2.26. The maximum atomic E-state index is 11.1. The van der Waals surface area contributed by atoms with E-state index in [1.54, 1.807) is 13.8 Å². The van der Waals surface area contributed by atoms with Crippen molar-refractivity contribution in [2.75, 3.05) is 34.2 Å². The third-order valence-corrected chi connectivity index (χ3v) is 7.83. The van der Waals surface area contributed by atoms with E-state index in [2.05, 4.69) is 13.2 Å². The fourth-order valence-electron chi connectivity index (χ4n) is 1.26. The Kier molecular flexibility index (Phi) is 15.6. The highest BCUT2D eigenvalue weighted by Gasteiger charge is 2.40. The van der Waals surface area contributed by atoms with Crippen LogP contribution < -0.4 is 0 Å². The van der Waals surface area contributed by atoms with Crippen molar-refractivity contribution in [1.29, 1.82) is 0 Å². The van der Waals surface area contributed by atoms with Gasteiger partial charge in [0.2, 0.25) is 0 Å². The maximum absolute atomic E-state index is 11.1. The fraction of sp³-hybridized carbons (Fsp3) is 0.600. The fourth-order valence-corrected chi connectivity index (χ4v) is 4.17. The normalized spacial score (nSPS) is 11.1. The molecule has 0 rings (SSSR count). The molecule has 0 aromatic heterocycles. The summed E-state index contributed by atoms with van der Waals surface area (Å²) in [5.74, 6) is -0.876. The van der Waals surface area contributed by atoms with E-state index < -0.39 is 26.7 Å². The van der Waals surface area contributed by atoms with Crippen LogP contribution in [0.3, 0.4) is 0 Å². The van der Waals surface area contributed by atoms with Crippen LogP contribution in [0, 0.1) is 0 Å². The molecule has 0 aliphatic heterocycles. The molecular formula is C15H27Cl3O7Si2. The third kappa shape index (κ3) is 15.2. The van der Waals surface area contributed by atoms with Gasteiger partial charge >= 0.3 is 26.7 Å². The Morgan fingerprint density at radius 2 is 1.26 bits per heavy atom. The molecular weight excluding hydrogens is 455 g/mol. The average Bonchev–Trinajstić information content (AvgIpc) is 2.59.